The quantitative estimate of drug-likeness (QED) is 0.833. The molecule has 25 heavy (non-hydrogen) atoms. The zero-order chi connectivity index (χ0) is 17.6. The van der Waals surface area contributed by atoms with Gasteiger partial charge >= 0.3 is 6.03 Å². The number of hydrogen-bond acceptors (Lipinski definition) is 4. The summed E-state index contributed by atoms with van der Waals surface area (Å²) in [7, 11) is -3.70. The van der Waals surface area contributed by atoms with Crippen molar-refractivity contribution in [3.05, 3.63) is 42.5 Å². The third kappa shape index (κ3) is 2.58. The number of sulfonamides is 1. The number of fused-ring (bicyclic) bond motifs is 1. The summed E-state index contributed by atoms with van der Waals surface area (Å²) in [5.41, 5.74) is 0. The van der Waals surface area contributed by atoms with Crippen LogP contribution in [-0.2, 0) is 14.8 Å². The summed E-state index contributed by atoms with van der Waals surface area (Å²) in [6.07, 6.45) is 0.448. The van der Waals surface area contributed by atoms with Crippen molar-refractivity contribution in [1.82, 2.24) is 14.5 Å². The van der Waals surface area contributed by atoms with Crippen LogP contribution in [0.1, 0.15) is 6.42 Å². The van der Waals surface area contributed by atoms with E-state index in [0.717, 1.165) is 10.3 Å². The third-order valence-electron chi connectivity index (χ3n) is 4.74. The van der Waals surface area contributed by atoms with Crippen molar-refractivity contribution in [1.29, 1.82) is 0 Å². The van der Waals surface area contributed by atoms with E-state index in [4.69, 9.17) is 0 Å². The van der Waals surface area contributed by atoms with Gasteiger partial charge in [0, 0.05) is 18.5 Å². The predicted octanol–water partition coefficient (Wildman–Crippen LogP) is 1.15. The average molecular weight is 359 g/mol. The number of hydrogen-bond donors (Lipinski definition) is 1. The van der Waals surface area contributed by atoms with Gasteiger partial charge in [-0.15, -0.1) is 0 Å². The first-order chi connectivity index (χ1) is 12.0. The molecule has 3 amide bonds. The third-order valence-corrected chi connectivity index (χ3v) is 6.66. The Labute approximate surface area is 145 Å². The maximum absolute atomic E-state index is 13.1. The van der Waals surface area contributed by atoms with Crippen LogP contribution in [0.15, 0.2) is 47.4 Å². The molecule has 2 heterocycles. The minimum absolute atomic E-state index is 0.0224. The summed E-state index contributed by atoms with van der Waals surface area (Å²) in [6.45, 7) is 0.392. The summed E-state index contributed by atoms with van der Waals surface area (Å²) in [4.78, 5) is 25.1. The van der Waals surface area contributed by atoms with E-state index in [1.807, 2.05) is 18.2 Å². The van der Waals surface area contributed by atoms with Gasteiger partial charge in [-0.05, 0) is 17.9 Å². The van der Waals surface area contributed by atoms with Gasteiger partial charge in [-0.2, -0.15) is 4.31 Å². The van der Waals surface area contributed by atoms with Gasteiger partial charge in [0.25, 0.3) is 0 Å². The van der Waals surface area contributed by atoms with Crippen LogP contribution >= 0.6 is 0 Å². The lowest BCUT2D eigenvalue weighted by molar-refractivity contribution is -0.126. The number of carbonyl (C=O) groups excluding carboxylic acids is 2. The Balaban J connectivity index is 1.65. The average Bonchev–Trinajstić information content (AvgIpc) is 3.21. The first kappa shape index (κ1) is 16.0. The van der Waals surface area contributed by atoms with E-state index in [9.17, 15) is 18.0 Å². The molecule has 0 radical (unpaired) electrons. The SMILES string of the molecule is O=C1CNC(=O)N1C1CCN(S(=O)(=O)c2cccc3ccccc23)C1. The molecule has 0 aliphatic carbocycles. The number of benzene rings is 2. The van der Waals surface area contributed by atoms with Gasteiger partial charge in [-0.3, -0.25) is 9.69 Å². The van der Waals surface area contributed by atoms with Gasteiger partial charge in [0.2, 0.25) is 15.9 Å². The smallest absolute Gasteiger partial charge is 0.324 e. The first-order valence-corrected chi connectivity index (χ1v) is 9.50. The molecule has 0 aromatic heterocycles. The van der Waals surface area contributed by atoms with Crippen molar-refractivity contribution < 1.29 is 18.0 Å². The molecule has 0 spiro atoms. The molecule has 8 heteroatoms. The molecule has 0 bridgehead atoms. The molecule has 2 aromatic carbocycles. The fourth-order valence-electron chi connectivity index (χ4n) is 3.50. The van der Waals surface area contributed by atoms with E-state index in [-0.39, 0.29) is 30.4 Å². The minimum Gasteiger partial charge on any atom is -0.329 e. The van der Waals surface area contributed by atoms with Crippen molar-refractivity contribution in [3.63, 3.8) is 0 Å². The number of imide groups is 1. The van der Waals surface area contributed by atoms with Crippen LogP contribution in [0.5, 0.6) is 0 Å². The number of rotatable bonds is 3. The molecule has 130 valence electrons. The van der Waals surface area contributed by atoms with Crippen LogP contribution in [0.4, 0.5) is 4.79 Å². The summed E-state index contributed by atoms with van der Waals surface area (Å²) < 4.78 is 27.5. The summed E-state index contributed by atoms with van der Waals surface area (Å²) in [5, 5.41) is 4.00. The number of urea groups is 1. The zero-order valence-electron chi connectivity index (χ0n) is 13.4. The molecular weight excluding hydrogens is 342 g/mol. The molecule has 2 aromatic rings. The van der Waals surface area contributed by atoms with E-state index < -0.39 is 22.1 Å². The highest BCUT2D eigenvalue weighted by atomic mass is 32.2. The van der Waals surface area contributed by atoms with Gasteiger partial charge in [0.1, 0.15) is 0 Å². The minimum atomic E-state index is -3.70. The van der Waals surface area contributed by atoms with Crippen molar-refractivity contribution >= 4 is 32.7 Å². The van der Waals surface area contributed by atoms with E-state index in [1.54, 1.807) is 24.3 Å². The Morgan fingerprint density at radius 1 is 1.04 bits per heavy atom. The van der Waals surface area contributed by atoms with Gasteiger partial charge in [-0.25, -0.2) is 13.2 Å². The lowest BCUT2D eigenvalue weighted by Crippen LogP contribution is -2.42. The van der Waals surface area contributed by atoms with Gasteiger partial charge in [-0.1, -0.05) is 36.4 Å². The molecule has 7 nitrogen and oxygen atoms in total. The van der Waals surface area contributed by atoms with Crippen LogP contribution in [0.2, 0.25) is 0 Å². The highest BCUT2D eigenvalue weighted by Crippen LogP contribution is 2.29. The lowest BCUT2D eigenvalue weighted by atomic mass is 10.1. The van der Waals surface area contributed by atoms with Crippen molar-refractivity contribution in [2.75, 3.05) is 19.6 Å². The Bertz CT molecular complexity index is 952. The second-order valence-corrected chi connectivity index (χ2v) is 8.11. The molecule has 2 fully saturated rings. The lowest BCUT2D eigenvalue weighted by Gasteiger charge is -2.22. The Morgan fingerprint density at radius 3 is 2.56 bits per heavy atom. The zero-order valence-corrected chi connectivity index (χ0v) is 14.2. The van der Waals surface area contributed by atoms with Crippen LogP contribution < -0.4 is 5.32 Å². The normalized spacial score (nSPS) is 21.9. The fourth-order valence-corrected chi connectivity index (χ4v) is 5.21. The van der Waals surface area contributed by atoms with E-state index >= 15 is 0 Å². The summed E-state index contributed by atoms with van der Waals surface area (Å²) in [6, 6.07) is 11.7. The topological polar surface area (TPSA) is 86.8 Å². The number of amides is 3. The molecule has 1 unspecified atom stereocenters. The first-order valence-electron chi connectivity index (χ1n) is 8.06. The second kappa shape index (κ2) is 5.82. The van der Waals surface area contributed by atoms with Crippen molar-refractivity contribution in [2.24, 2.45) is 0 Å². The number of carbonyl (C=O) groups is 2. The molecular formula is C17H17N3O4S. The number of nitrogens with zero attached hydrogens (tertiary/aromatic N) is 2. The van der Waals surface area contributed by atoms with Gasteiger partial charge < -0.3 is 5.32 Å². The van der Waals surface area contributed by atoms with Crippen LogP contribution in [0, 0.1) is 0 Å². The Morgan fingerprint density at radius 2 is 1.80 bits per heavy atom. The van der Waals surface area contributed by atoms with E-state index in [2.05, 4.69) is 5.32 Å². The molecule has 4 rings (SSSR count). The molecule has 1 atom stereocenters. The maximum atomic E-state index is 13.1. The monoisotopic (exact) mass is 359 g/mol. The molecule has 0 saturated carbocycles. The van der Waals surface area contributed by atoms with Crippen LogP contribution in [0.3, 0.4) is 0 Å². The van der Waals surface area contributed by atoms with Crippen LogP contribution in [-0.4, -0.2) is 55.2 Å². The van der Waals surface area contributed by atoms with E-state index in [0.29, 0.717) is 11.8 Å². The maximum Gasteiger partial charge on any atom is 0.324 e. The van der Waals surface area contributed by atoms with Crippen LogP contribution in [0.25, 0.3) is 10.8 Å². The summed E-state index contributed by atoms with van der Waals surface area (Å²) >= 11 is 0. The Hall–Kier alpha value is -2.45. The molecule has 2 aliphatic rings. The van der Waals surface area contributed by atoms with Crippen molar-refractivity contribution in [3.8, 4) is 0 Å². The fraction of sp³-hybridized carbons (Fsp3) is 0.294. The highest BCUT2D eigenvalue weighted by molar-refractivity contribution is 7.89. The summed E-state index contributed by atoms with van der Waals surface area (Å²) in [5.74, 6) is -0.306. The largest absolute Gasteiger partial charge is 0.329 e. The van der Waals surface area contributed by atoms with E-state index in [1.165, 1.54) is 4.31 Å². The second-order valence-electron chi connectivity index (χ2n) is 6.21. The molecule has 1 N–H and O–H groups in total. The number of nitrogens with one attached hydrogen (secondary N) is 1. The Kier molecular flexibility index (Phi) is 3.73. The van der Waals surface area contributed by atoms with Gasteiger partial charge in [0.05, 0.1) is 17.5 Å². The molecule has 2 saturated heterocycles. The molecule has 2 aliphatic heterocycles. The highest BCUT2D eigenvalue weighted by Gasteiger charge is 2.42. The van der Waals surface area contributed by atoms with Gasteiger partial charge in [0.15, 0.2) is 0 Å². The van der Waals surface area contributed by atoms with Crippen molar-refractivity contribution in [2.45, 2.75) is 17.4 Å². The standard InChI is InChI=1S/C17H17N3O4S/c21-16-10-18-17(22)20(16)13-8-9-19(11-13)25(23,24)15-7-3-5-12-4-1-2-6-14(12)15/h1-7,13H,8-11H2,(H,18,22). The predicted molar refractivity (Wildman–Crippen MR) is 91.4 cm³/mol.